The van der Waals surface area contributed by atoms with Crippen LogP contribution in [0.1, 0.15) is 35.7 Å². The Morgan fingerprint density at radius 1 is 1.06 bits per heavy atom. The topological polar surface area (TPSA) is 69.0 Å². The predicted molar refractivity (Wildman–Crippen MR) is 125 cm³/mol. The number of pyridine rings is 1. The summed E-state index contributed by atoms with van der Waals surface area (Å²) in [6.45, 7) is 6.63. The number of fused-ring (bicyclic) bond motifs is 2. The van der Waals surface area contributed by atoms with Crippen molar-refractivity contribution in [1.29, 1.82) is 0 Å². The molecule has 0 fully saturated rings. The van der Waals surface area contributed by atoms with E-state index in [1.54, 1.807) is 0 Å². The fourth-order valence-electron chi connectivity index (χ4n) is 4.13. The molecule has 1 N–H and O–H groups in total. The van der Waals surface area contributed by atoms with Crippen LogP contribution in [0, 0.1) is 0 Å². The van der Waals surface area contributed by atoms with Gasteiger partial charge >= 0.3 is 0 Å². The molecule has 6 nitrogen and oxygen atoms in total. The maximum absolute atomic E-state index is 12.8. The van der Waals surface area contributed by atoms with Gasteiger partial charge in [0, 0.05) is 41.5 Å². The molecule has 0 amide bonds. The van der Waals surface area contributed by atoms with E-state index in [1.165, 1.54) is 0 Å². The SMILES string of the molecule is CC(C)Oc1ccc(C(=O)Cc2cc3cc(-c4cnc5n4CCNC5)ccc3cn2)cc1. The van der Waals surface area contributed by atoms with Crippen LogP contribution in [0.3, 0.4) is 0 Å². The van der Waals surface area contributed by atoms with E-state index in [4.69, 9.17) is 4.74 Å². The molecule has 4 aromatic rings. The quantitative estimate of drug-likeness (QED) is 0.463. The van der Waals surface area contributed by atoms with E-state index in [0.29, 0.717) is 5.56 Å². The number of Topliss-reactive ketones (excluding diaryl/α,β-unsaturated/α-hetero) is 1. The van der Waals surface area contributed by atoms with Crippen molar-refractivity contribution in [3.05, 3.63) is 78.0 Å². The molecular formula is C26H26N4O2. The molecule has 0 saturated carbocycles. The number of hydrogen-bond donors (Lipinski definition) is 1. The minimum atomic E-state index is 0.0430. The Morgan fingerprint density at radius 3 is 2.72 bits per heavy atom. The summed E-state index contributed by atoms with van der Waals surface area (Å²) < 4.78 is 7.93. The normalized spacial score (nSPS) is 13.3. The van der Waals surface area contributed by atoms with Crippen molar-refractivity contribution in [2.45, 2.75) is 39.5 Å². The van der Waals surface area contributed by atoms with E-state index in [0.717, 1.165) is 58.9 Å². The Labute approximate surface area is 187 Å². The second kappa shape index (κ2) is 8.55. The van der Waals surface area contributed by atoms with Gasteiger partial charge in [-0.25, -0.2) is 4.98 Å². The maximum atomic E-state index is 12.8. The molecule has 6 heteroatoms. The van der Waals surface area contributed by atoms with E-state index in [1.807, 2.05) is 56.6 Å². The van der Waals surface area contributed by atoms with Crippen molar-refractivity contribution < 1.29 is 9.53 Å². The Morgan fingerprint density at radius 2 is 1.91 bits per heavy atom. The molecule has 2 aromatic carbocycles. The van der Waals surface area contributed by atoms with Crippen molar-refractivity contribution >= 4 is 16.6 Å². The highest BCUT2D eigenvalue weighted by Crippen LogP contribution is 2.26. The number of rotatable bonds is 6. The van der Waals surface area contributed by atoms with Crippen LogP contribution in [0.25, 0.3) is 22.0 Å². The van der Waals surface area contributed by atoms with Crippen LogP contribution in [0.15, 0.2) is 60.9 Å². The van der Waals surface area contributed by atoms with Gasteiger partial charge in [-0.1, -0.05) is 12.1 Å². The second-order valence-corrected chi connectivity index (χ2v) is 8.42. The first-order chi connectivity index (χ1) is 15.6. The Hall–Kier alpha value is -3.51. The van der Waals surface area contributed by atoms with Crippen molar-refractivity contribution in [3.8, 4) is 17.0 Å². The maximum Gasteiger partial charge on any atom is 0.168 e. The number of ketones is 1. The molecule has 32 heavy (non-hydrogen) atoms. The van der Waals surface area contributed by atoms with Crippen LogP contribution >= 0.6 is 0 Å². The van der Waals surface area contributed by atoms with E-state index >= 15 is 0 Å². The average Bonchev–Trinajstić information content (AvgIpc) is 3.23. The number of hydrogen-bond acceptors (Lipinski definition) is 5. The molecule has 0 bridgehead atoms. The molecule has 0 aliphatic carbocycles. The number of aromatic nitrogens is 3. The first-order valence-corrected chi connectivity index (χ1v) is 11.0. The standard InChI is InChI=1S/C26H26N4O2/c1-17(2)32-23-7-5-18(6-8-23)25(31)13-22-12-21-11-19(3-4-20(21)14-28-22)24-15-29-26-16-27-9-10-30(24)26/h3-8,11-12,14-15,17,27H,9-10,13,16H2,1-2H3. The van der Waals surface area contributed by atoms with Crippen LogP contribution in [0.4, 0.5) is 0 Å². The van der Waals surface area contributed by atoms with Gasteiger partial charge in [0.05, 0.1) is 31.0 Å². The van der Waals surface area contributed by atoms with Gasteiger partial charge in [0.1, 0.15) is 11.6 Å². The highest BCUT2D eigenvalue weighted by molar-refractivity contribution is 5.98. The lowest BCUT2D eigenvalue weighted by Gasteiger charge is -2.17. The number of nitrogens with one attached hydrogen (secondary N) is 1. The Kier molecular flexibility index (Phi) is 5.45. The largest absolute Gasteiger partial charge is 0.491 e. The minimum absolute atomic E-state index is 0.0430. The average molecular weight is 427 g/mol. The summed E-state index contributed by atoms with van der Waals surface area (Å²) in [5.74, 6) is 1.88. The number of carbonyl (C=O) groups is 1. The van der Waals surface area contributed by atoms with Crippen LogP contribution < -0.4 is 10.1 Å². The number of nitrogens with zero attached hydrogens (tertiary/aromatic N) is 3. The number of ether oxygens (including phenoxy) is 1. The van der Waals surface area contributed by atoms with Crippen molar-refractivity contribution in [2.24, 2.45) is 0 Å². The van der Waals surface area contributed by atoms with Crippen molar-refractivity contribution in [3.63, 3.8) is 0 Å². The second-order valence-electron chi connectivity index (χ2n) is 8.42. The fraction of sp³-hybridized carbons (Fsp3) is 0.269. The smallest absolute Gasteiger partial charge is 0.168 e. The fourth-order valence-corrected chi connectivity index (χ4v) is 4.13. The van der Waals surface area contributed by atoms with E-state index in [-0.39, 0.29) is 18.3 Å². The van der Waals surface area contributed by atoms with Gasteiger partial charge < -0.3 is 14.6 Å². The van der Waals surface area contributed by atoms with Crippen LogP contribution in [-0.2, 0) is 19.5 Å². The first kappa shape index (κ1) is 20.4. The molecule has 0 unspecified atom stereocenters. The molecule has 2 aromatic heterocycles. The molecule has 162 valence electrons. The Bertz CT molecular complexity index is 1270. The van der Waals surface area contributed by atoms with Gasteiger partial charge in [-0.05, 0) is 55.6 Å². The summed E-state index contributed by atoms with van der Waals surface area (Å²) in [6, 6.07) is 15.7. The molecule has 1 aliphatic rings. The molecule has 0 spiro atoms. The Balaban J connectivity index is 1.38. The van der Waals surface area contributed by atoms with Crippen molar-refractivity contribution in [2.75, 3.05) is 6.54 Å². The zero-order valence-corrected chi connectivity index (χ0v) is 18.3. The molecule has 3 heterocycles. The molecular weight excluding hydrogens is 400 g/mol. The summed E-state index contributed by atoms with van der Waals surface area (Å²) in [5.41, 5.74) is 3.68. The summed E-state index contributed by atoms with van der Waals surface area (Å²) in [6.07, 6.45) is 4.16. The lowest BCUT2D eigenvalue weighted by atomic mass is 10.0. The summed E-state index contributed by atoms with van der Waals surface area (Å²) in [5, 5.41) is 5.49. The number of benzene rings is 2. The van der Waals surface area contributed by atoms with Crippen LogP contribution in [-0.4, -0.2) is 33.0 Å². The summed E-state index contributed by atoms with van der Waals surface area (Å²) in [7, 11) is 0. The highest BCUT2D eigenvalue weighted by atomic mass is 16.5. The molecule has 1 aliphatic heterocycles. The van der Waals surface area contributed by atoms with Gasteiger partial charge in [-0.2, -0.15) is 0 Å². The van der Waals surface area contributed by atoms with Crippen molar-refractivity contribution in [1.82, 2.24) is 19.9 Å². The van der Waals surface area contributed by atoms with Gasteiger partial charge in [0.25, 0.3) is 0 Å². The van der Waals surface area contributed by atoms with Gasteiger partial charge in [-0.3, -0.25) is 9.78 Å². The van der Waals surface area contributed by atoms with E-state index < -0.39 is 0 Å². The lowest BCUT2D eigenvalue weighted by molar-refractivity contribution is 0.0992. The molecule has 0 radical (unpaired) electrons. The van der Waals surface area contributed by atoms with Crippen LogP contribution in [0.5, 0.6) is 5.75 Å². The lowest BCUT2D eigenvalue weighted by Crippen LogP contribution is -2.28. The van der Waals surface area contributed by atoms with Gasteiger partial charge in [0.15, 0.2) is 5.78 Å². The third-order valence-electron chi connectivity index (χ3n) is 5.70. The first-order valence-electron chi connectivity index (χ1n) is 11.0. The monoisotopic (exact) mass is 426 g/mol. The third kappa shape index (κ3) is 4.14. The minimum Gasteiger partial charge on any atom is -0.491 e. The zero-order chi connectivity index (χ0) is 22.1. The van der Waals surface area contributed by atoms with E-state index in [9.17, 15) is 4.79 Å². The molecule has 0 atom stereocenters. The number of carbonyl (C=O) groups excluding carboxylic acids is 1. The van der Waals surface area contributed by atoms with E-state index in [2.05, 4.69) is 38.1 Å². The predicted octanol–water partition coefficient (Wildman–Crippen LogP) is 4.41. The molecule has 5 rings (SSSR count). The van der Waals surface area contributed by atoms with Gasteiger partial charge in [-0.15, -0.1) is 0 Å². The highest BCUT2D eigenvalue weighted by Gasteiger charge is 2.15. The summed E-state index contributed by atoms with van der Waals surface area (Å²) >= 11 is 0. The number of imidazole rings is 1. The summed E-state index contributed by atoms with van der Waals surface area (Å²) in [4.78, 5) is 21.9. The van der Waals surface area contributed by atoms with Gasteiger partial charge in [0.2, 0.25) is 0 Å². The zero-order valence-electron chi connectivity index (χ0n) is 18.3. The van der Waals surface area contributed by atoms with Crippen LogP contribution in [0.2, 0.25) is 0 Å². The third-order valence-corrected chi connectivity index (χ3v) is 5.70. The molecule has 0 saturated heterocycles.